The SMILES string of the molecule is O=C(Nc1ccccc1C(=O)N1CCCCCC1)c1sc2ccccc2c1Cl. The van der Waals surface area contributed by atoms with E-state index in [0.717, 1.165) is 48.9 Å². The number of rotatable bonds is 3. The maximum absolute atomic E-state index is 13.1. The lowest BCUT2D eigenvalue weighted by molar-refractivity contribution is 0.0762. The van der Waals surface area contributed by atoms with E-state index in [-0.39, 0.29) is 11.8 Å². The van der Waals surface area contributed by atoms with Crippen LogP contribution in [-0.2, 0) is 0 Å². The van der Waals surface area contributed by atoms with E-state index in [2.05, 4.69) is 5.32 Å². The van der Waals surface area contributed by atoms with Crippen molar-refractivity contribution in [3.05, 3.63) is 64.0 Å². The number of para-hydroxylation sites is 1. The first-order chi connectivity index (χ1) is 13.6. The molecule has 0 bridgehead atoms. The van der Waals surface area contributed by atoms with Gasteiger partial charge in [0.05, 0.1) is 16.3 Å². The summed E-state index contributed by atoms with van der Waals surface area (Å²) >= 11 is 7.79. The average Bonchev–Trinajstić information content (AvgIpc) is 2.88. The molecule has 28 heavy (non-hydrogen) atoms. The lowest BCUT2D eigenvalue weighted by Crippen LogP contribution is -2.32. The zero-order chi connectivity index (χ0) is 19.5. The third-order valence-corrected chi connectivity index (χ3v) is 6.71. The van der Waals surface area contributed by atoms with Gasteiger partial charge < -0.3 is 10.2 Å². The Morgan fingerprint density at radius 1 is 0.929 bits per heavy atom. The molecule has 0 aliphatic carbocycles. The van der Waals surface area contributed by atoms with Crippen molar-refractivity contribution in [1.29, 1.82) is 0 Å². The molecule has 144 valence electrons. The number of hydrogen-bond donors (Lipinski definition) is 1. The normalized spacial score (nSPS) is 14.7. The summed E-state index contributed by atoms with van der Waals surface area (Å²) in [7, 11) is 0. The molecule has 2 amide bonds. The Morgan fingerprint density at radius 2 is 1.61 bits per heavy atom. The van der Waals surface area contributed by atoms with Gasteiger partial charge in [0.25, 0.3) is 11.8 Å². The Morgan fingerprint density at radius 3 is 2.36 bits per heavy atom. The average molecular weight is 413 g/mol. The molecule has 2 heterocycles. The molecule has 1 aliphatic rings. The van der Waals surface area contributed by atoms with Gasteiger partial charge in [0.1, 0.15) is 4.88 Å². The van der Waals surface area contributed by atoms with Crippen LogP contribution in [0.1, 0.15) is 45.7 Å². The van der Waals surface area contributed by atoms with Gasteiger partial charge in [-0.25, -0.2) is 0 Å². The molecule has 4 rings (SSSR count). The van der Waals surface area contributed by atoms with Crippen molar-refractivity contribution in [2.24, 2.45) is 0 Å². The highest BCUT2D eigenvalue weighted by atomic mass is 35.5. The minimum absolute atomic E-state index is 0.0276. The van der Waals surface area contributed by atoms with Crippen LogP contribution in [0.5, 0.6) is 0 Å². The summed E-state index contributed by atoms with van der Waals surface area (Å²) < 4.78 is 0.964. The molecule has 4 nitrogen and oxygen atoms in total. The zero-order valence-electron chi connectivity index (χ0n) is 15.4. The summed E-state index contributed by atoms with van der Waals surface area (Å²) in [6, 6.07) is 14.9. The van der Waals surface area contributed by atoms with E-state index in [0.29, 0.717) is 21.2 Å². The van der Waals surface area contributed by atoms with Crippen molar-refractivity contribution < 1.29 is 9.59 Å². The summed E-state index contributed by atoms with van der Waals surface area (Å²) in [5, 5.41) is 4.23. The lowest BCUT2D eigenvalue weighted by Gasteiger charge is -2.22. The van der Waals surface area contributed by atoms with Crippen molar-refractivity contribution >= 4 is 50.5 Å². The van der Waals surface area contributed by atoms with Crippen LogP contribution in [-0.4, -0.2) is 29.8 Å². The number of fused-ring (bicyclic) bond motifs is 1. The van der Waals surface area contributed by atoms with Crippen molar-refractivity contribution in [3.8, 4) is 0 Å². The highest BCUT2D eigenvalue weighted by molar-refractivity contribution is 7.21. The van der Waals surface area contributed by atoms with E-state index in [9.17, 15) is 9.59 Å². The van der Waals surface area contributed by atoms with Crippen LogP contribution in [0.2, 0.25) is 5.02 Å². The van der Waals surface area contributed by atoms with Crippen molar-refractivity contribution in [1.82, 2.24) is 4.90 Å². The van der Waals surface area contributed by atoms with E-state index in [1.807, 2.05) is 41.3 Å². The molecule has 0 radical (unpaired) electrons. The van der Waals surface area contributed by atoms with Gasteiger partial charge in [0.15, 0.2) is 0 Å². The molecule has 1 fully saturated rings. The summed E-state index contributed by atoms with van der Waals surface area (Å²) in [5.41, 5.74) is 1.05. The maximum Gasteiger partial charge on any atom is 0.267 e. The molecule has 2 aromatic carbocycles. The molecular formula is C22H21ClN2O2S. The molecule has 0 spiro atoms. The second kappa shape index (κ2) is 8.33. The second-order valence-electron chi connectivity index (χ2n) is 6.95. The molecule has 1 saturated heterocycles. The fourth-order valence-corrected chi connectivity index (χ4v) is 4.97. The van der Waals surface area contributed by atoms with Gasteiger partial charge in [-0.1, -0.05) is 54.8 Å². The van der Waals surface area contributed by atoms with Gasteiger partial charge in [-0.15, -0.1) is 11.3 Å². The molecule has 1 N–H and O–H groups in total. The third-order valence-electron chi connectivity index (χ3n) is 5.04. The van der Waals surface area contributed by atoms with Gasteiger partial charge in [0.2, 0.25) is 0 Å². The van der Waals surface area contributed by atoms with Gasteiger partial charge in [0, 0.05) is 23.2 Å². The molecular weight excluding hydrogens is 392 g/mol. The van der Waals surface area contributed by atoms with Gasteiger partial charge in [-0.05, 0) is 31.0 Å². The van der Waals surface area contributed by atoms with Gasteiger partial charge in [-0.2, -0.15) is 0 Å². The minimum atomic E-state index is -0.290. The minimum Gasteiger partial charge on any atom is -0.339 e. The van der Waals surface area contributed by atoms with Gasteiger partial charge in [-0.3, -0.25) is 9.59 Å². The number of halogens is 1. The first-order valence-electron chi connectivity index (χ1n) is 9.52. The molecule has 0 unspecified atom stereocenters. The van der Waals surface area contributed by atoms with E-state index in [1.165, 1.54) is 11.3 Å². The van der Waals surface area contributed by atoms with Crippen LogP contribution >= 0.6 is 22.9 Å². The Bertz CT molecular complexity index is 1020. The predicted octanol–water partition coefficient (Wildman–Crippen LogP) is 5.82. The third kappa shape index (κ3) is 3.77. The van der Waals surface area contributed by atoms with Gasteiger partial charge >= 0.3 is 0 Å². The molecule has 0 saturated carbocycles. The van der Waals surface area contributed by atoms with Crippen LogP contribution in [0.4, 0.5) is 5.69 Å². The largest absolute Gasteiger partial charge is 0.339 e. The first-order valence-corrected chi connectivity index (χ1v) is 10.7. The molecule has 0 atom stereocenters. The summed E-state index contributed by atoms with van der Waals surface area (Å²) in [5.74, 6) is -0.317. The maximum atomic E-state index is 13.1. The van der Waals surface area contributed by atoms with Crippen LogP contribution in [0.25, 0.3) is 10.1 Å². The van der Waals surface area contributed by atoms with E-state index < -0.39 is 0 Å². The molecule has 3 aromatic rings. The van der Waals surface area contributed by atoms with Crippen molar-refractivity contribution in [2.75, 3.05) is 18.4 Å². The Hall–Kier alpha value is -2.37. The fourth-order valence-electron chi connectivity index (χ4n) is 3.56. The number of nitrogens with zero attached hydrogens (tertiary/aromatic N) is 1. The molecule has 1 aromatic heterocycles. The zero-order valence-corrected chi connectivity index (χ0v) is 17.0. The number of likely N-dealkylation sites (tertiary alicyclic amines) is 1. The topological polar surface area (TPSA) is 49.4 Å². The second-order valence-corrected chi connectivity index (χ2v) is 8.38. The van der Waals surface area contributed by atoms with Crippen LogP contribution in [0.15, 0.2) is 48.5 Å². The van der Waals surface area contributed by atoms with Crippen LogP contribution < -0.4 is 5.32 Å². The van der Waals surface area contributed by atoms with Crippen LogP contribution in [0, 0.1) is 0 Å². The summed E-state index contributed by atoms with van der Waals surface area (Å²) in [6.45, 7) is 1.53. The Kier molecular flexibility index (Phi) is 5.64. The predicted molar refractivity (Wildman–Crippen MR) is 116 cm³/mol. The highest BCUT2D eigenvalue weighted by Crippen LogP contribution is 2.35. The quantitative estimate of drug-likeness (QED) is 0.588. The van der Waals surface area contributed by atoms with E-state index in [1.54, 1.807) is 12.1 Å². The standard InChI is InChI=1S/C22H21ClN2O2S/c23-19-16-10-4-6-12-18(16)28-20(19)21(26)24-17-11-5-3-9-15(17)22(27)25-13-7-1-2-8-14-25/h3-6,9-12H,1-2,7-8,13-14H2,(H,24,26). The number of benzene rings is 2. The lowest BCUT2D eigenvalue weighted by atomic mass is 10.1. The number of amides is 2. The first kappa shape index (κ1) is 19.0. The number of nitrogens with one attached hydrogen (secondary N) is 1. The van der Waals surface area contributed by atoms with E-state index in [4.69, 9.17) is 11.6 Å². The van der Waals surface area contributed by atoms with E-state index >= 15 is 0 Å². The smallest absolute Gasteiger partial charge is 0.267 e. The van der Waals surface area contributed by atoms with Crippen molar-refractivity contribution in [2.45, 2.75) is 25.7 Å². The van der Waals surface area contributed by atoms with Crippen LogP contribution in [0.3, 0.4) is 0 Å². The number of carbonyl (C=O) groups is 2. The van der Waals surface area contributed by atoms with Crippen molar-refractivity contribution in [3.63, 3.8) is 0 Å². The monoisotopic (exact) mass is 412 g/mol. The number of hydrogen-bond acceptors (Lipinski definition) is 3. The summed E-state index contributed by atoms with van der Waals surface area (Å²) in [4.78, 5) is 28.3. The number of anilines is 1. The Labute approximate surface area is 173 Å². The number of thiophene rings is 1. The highest BCUT2D eigenvalue weighted by Gasteiger charge is 2.22. The molecule has 6 heteroatoms. The summed E-state index contributed by atoms with van der Waals surface area (Å²) in [6.07, 6.45) is 4.37. The Balaban J connectivity index is 1.60. The fraction of sp³-hybridized carbons (Fsp3) is 0.273. The molecule has 1 aliphatic heterocycles. The number of carbonyl (C=O) groups excluding carboxylic acids is 2.